The van der Waals surface area contributed by atoms with Crippen LogP contribution in [0, 0.1) is 0 Å². The summed E-state index contributed by atoms with van der Waals surface area (Å²) < 4.78 is 17.1. The van der Waals surface area contributed by atoms with Crippen molar-refractivity contribution in [1.82, 2.24) is 0 Å². The van der Waals surface area contributed by atoms with Gasteiger partial charge in [-0.25, -0.2) is 0 Å². The largest absolute Gasteiger partial charge is 0.507 e. The number of hydrogen-bond acceptors (Lipinski definition) is 11. The molecule has 6 atom stereocenters. The molecule has 3 aliphatic rings. The number of hydrogen-bond donors (Lipinski definition) is 5. The predicted octanol–water partition coefficient (Wildman–Crippen LogP) is 1.45. The van der Waals surface area contributed by atoms with Crippen LogP contribution in [-0.4, -0.2) is 75.0 Å². The van der Waals surface area contributed by atoms with Crippen molar-refractivity contribution in [3.05, 3.63) is 51.6 Å². The third kappa shape index (κ3) is 4.39. The highest BCUT2D eigenvalue weighted by Gasteiger charge is 2.49. The Labute approximate surface area is 229 Å². The van der Waals surface area contributed by atoms with Crippen molar-refractivity contribution in [2.24, 2.45) is 5.73 Å². The maximum Gasteiger partial charge on any atom is 0.202 e. The van der Waals surface area contributed by atoms with Crippen LogP contribution in [0.4, 0.5) is 0 Å². The average Bonchev–Trinajstić information content (AvgIpc) is 2.87. The molecule has 1 fully saturated rings. The van der Waals surface area contributed by atoms with Crippen LogP contribution in [-0.2, 0) is 20.7 Å². The smallest absolute Gasteiger partial charge is 0.202 e. The second kappa shape index (κ2) is 10.2. The second-order valence-electron chi connectivity index (χ2n) is 10.1. The van der Waals surface area contributed by atoms with Gasteiger partial charge in [-0.3, -0.25) is 14.4 Å². The van der Waals surface area contributed by atoms with E-state index in [1.54, 1.807) is 6.92 Å². The normalized spacial score (nSPS) is 29.5. The first-order chi connectivity index (χ1) is 17.9. The number of fused-ring (bicyclic) bond motifs is 3. The molecule has 1 saturated heterocycles. The fourth-order valence-electron chi connectivity index (χ4n) is 5.66. The number of aliphatic hydroxyl groups is 2. The van der Waals surface area contributed by atoms with Crippen molar-refractivity contribution < 1.29 is 49.0 Å². The molecule has 210 valence electrons. The van der Waals surface area contributed by atoms with Gasteiger partial charge in [-0.1, -0.05) is 12.1 Å². The Balaban J connectivity index is 0.00000353. The van der Waals surface area contributed by atoms with Crippen LogP contribution in [0.2, 0.25) is 0 Å². The van der Waals surface area contributed by atoms with E-state index in [1.165, 1.54) is 32.2 Å². The van der Waals surface area contributed by atoms with Crippen LogP contribution in [0.15, 0.2) is 18.2 Å². The van der Waals surface area contributed by atoms with E-state index < -0.39 is 82.6 Å². The number of aromatic hydroxyl groups is 2. The van der Waals surface area contributed by atoms with Crippen LogP contribution in [0.25, 0.3) is 0 Å². The Bertz CT molecular complexity index is 1370. The van der Waals surface area contributed by atoms with Crippen LogP contribution in [0.3, 0.4) is 0 Å². The lowest BCUT2D eigenvalue weighted by Gasteiger charge is -2.42. The first-order valence-corrected chi connectivity index (χ1v) is 12.2. The van der Waals surface area contributed by atoms with Crippen LogP contribution in [0.1, 0.15) is 75.8 Å². The number of carbonyl (C=O) groups excluding carboxylic acids is 3. The van der Waals surface area contributed by atoms with Crippen molar-refractivity contribution in [3.8, 4) is 17.2 Å². The van der Waals surface area contributed by atoms with Crippen molar-refractivity contribution >= 4 is 29.8 Å². The van der Waals surface area contributed by atoms with Gasteiger partial charge in [0, 0.05) is 42.0 Å². The molecular weight excluding hydrogens is 534 g/mol. The quantitative estimate of drug-likeness (QED) is 0.289. The van der Waals surface area contributed by atoms with Crippen LogP contribution >= 0.6 is 12.4 Å². The highest BCUT2D eigenvalue weighted by molar-refractivity contribution is 6.31. The number of phenolic OH excluding ortho intramolecular Hbond substituents is 2. The van der Waals surface area contributed by atoms with E-state index in [9.17, 15) is 34.8 Å². The molecule has 0 unspecified atom stereocenters. The number of phenols is 2. The van der Waals surface area contributed by atoms with E-state index >= 15 is 0 Å². The van der Waals surface area contributed by atoms with Gasteiger partial charge in [0.1, 0.15) is 22.8 Å². The highest BCUT2D eigenvalue weighted by atomic mass is 35.5. The molecule has 11 nitrogen and oxygen atoms in total. The monoisotopic (exact) mass is 563 g/mol. The summed E-state index contributed by atoms with van der Waals surface area (Å²) >= 11 is 0. The Hall–Kier alpha value is -3.06. The van der Waals surface area contributed by atoms with Gasteiger partial charge in [-0.05, 0) is 19.9 Å². The van der Waals surface area contributed by atoms with Gasteiger partial charge in [0.25, 0.3) is 0 Å². The summed E-state index contributed by atoms with van der Waals surface area (Å²) in [6.45, 7) is 2.79. The molecule has 1 heterocycles. The number of carbonyl (C=O) groups is 3. The molecule has 39 heavy (non-hydrogen) atoms. The van der Waals surface area contributed by atoms with E-state index in [0.717, 1.165) is 0 Å². The number of nitrogens with two attached hydrogens (primary N) is 1. The zero-order chi connectivity index (χ0) is 27.7. The highest BCUT2D eigenvalue weighted by Crippen LogP contribution is 2.52. The van der Waals surface area contributed by atoms with E-state index in [-0.39, 0.29) is 53.3 Å². The first kappa shape index (κ1) is 28.9. The number of benzene rings is 2. The maximum atomic E-state index is 13.6. The number of rotatable bonds is 4. The van der Waals surface area contributed by atoms with Crippen molar-refractivity contribution in [3.63, 3.8) is 0 Å². The van der Waals surface area contributed by atoms with E-state index in [4.69, 9.17) is 19.9 Å². The molecule has 0 spiro atoms. The molecule has 0 aromatic heterocycles. The molecule has 0 bridgehead atoms. The molecule has 1 aliphatic heterocycles. The molecule has 5 rings (SSSR count). The van der Waals surface area contributed by atoms with Gasteiger partial charge < -0.3 is 40.4 Å². The summed E-state index contributed by atoms with van der Waals surface area (Å²) in [4.78, 5) is 39.6. The van der Waals surface area contributed by atoms with Gasteiger partial charge in [-0.15, -0.1) is 12.4 Å². The topological polar surface area (TPSA) is 186 Å². The Morgan fingerprint density at radius 3 is 2.41 bits per heavy atom. The lowest BCUT2D eigenvalue weighted by Crippen LogP contribution is -2.52. The van der Waals surface area contributed by atoms with Gasteiger partial charge in [-0.2, -0.15) is 0 Å². The van der Waals surface area contributed by atoms with E-state index in [1.807, 2.05) is 0 Å². The van der Waals surface area contributed by atoms with E-state index in [0.29, 0.717) is 0 Å². The molecule has 2 aromatic carbocycles. The number of Topliss-reactive ketones (excluding diaryl/α,β-unsaturated/α-hetero) is 1. The minimum absolute atomic E-state index is 0. The molecule has 0 radical (unpaired) electrons. The molecule has 2 aromatic rings. The number of methoxy groups -OCH3 is 1. The fraction of sp³-hybridized carbons (Fsp3) is 0.444. The standard InChI is InChI=1S/C27H29NO10.ClH/c1-10-22(30)14(28)7-17(37-10)38-16-9-27(35,11(2)29)8-13-19(16)26(34)21-20(24(13)32)23(31)12-5-4-6-15(36-3)18(12)25(21)33;/h4-6,10,14,16-17,22,30,32,34-35H,7-9,28H2,1-3H3;1H/t10-,14-,16+,17-,22+,27+;/m1./s1. The van der Waals surface area contributed by atoms with Gasteiger partial charge in [0.15, 0.2) is 17.9 Å². The summed E-state index contributed by atoms with van der Waals surface area (Å²) in [5, 5.41) is 44.1. The molecule has 12 heteroatoms. The van der Waals surface area contributed by atoms with Crippen LogP contribution in [0.5, 0.6) is 17.2 Å². The molecule has 0 amide bonds. The molecule has 0 saturated carbocycles. The lowest BCUT2D eigenvalue weighted by molar-refractivity contribution is -0.247. The molecule has 2 aliphatic carbocycles. The fourth-order valence-corrected chi connectivity index (χ4v) is 5.66. The number of aliphatic hydroxyl groups excluding tert-OH is 1. The van der Waals surface area contributed by atoms with Crippen molar-refractivity contribution in [2.75, 3.05) is 7.11 Å². The number of halogens is 1. The summed E-state index contributed by atoms with van der Waals surface area (Å²) in [6.07, 6.45) is -4.53. The summed E-state index contributed by atoms with van der Waals surface area (Å²) in [7, 11) is 1.34. The predicted molar refractivity (Wildman–Crippen MR) is 138 cm³/mol. The van der Waals surface area contributed by atoms with Gasteiger partial charge in [0.2, 0.25) is 5.78 Å². The molecule has 6 N–H and O–H groups in total. The zero-order valence-electron chi connectivity index (χ0n) is 21.5. The third-order valence-electron chi connectivity index (χ3n) is 7.80. The summed E-state index contributed by atoms with van der Waals surface area (Å²) in [5.41, 5.74) is 2.97. The number of ether oxygens (including phenoxy) is 3. The Kier molecular flexibility index (Phi) is 7.54. The van der Waals surface area contributed by atoms with E-state index in [2.05, 4.69) is 0 Å². The average molecular weight is 564 g/mol. The van der Waals surface area contributed by atoms with Crippen LogP contribution < -0.4 is 10.5 Å². The second-order valence-corrected chi connectivity index (χ2v) is 10.1. The minimum atomic E-state index is -2.00. The van der Waals surface area contributed by atoms with Gasteiger partial charge >= 0.3 is 0 Å². The zero-order valence-corrected chi connectivity index (χ0v) is 22.3. The maximum absolute atomic E-state index is 13.6. The minimum Gasteiger partial charge on any atom is -0.507 e. The Morgan fingerprint density at radius 1 is 1.13 bits per heavy atom. The summed E-state index contributed by atoms with van der Waals surface area (Å²) in [5.74, 6) is -3.18. The summed E-state index contributed by atoms with van der Waals surface area (Å²) in [6, 6.07) is 3.75. The first-order valence-electron chi connectivity index (χ1n) is 12.2. The van der Waals surface area contributed by atoms with Crippen molar-refractivity contribution in [1.29, 1.82) is 0 Å². The Morgan fingerprint density at radius 2 is 1.79 bits per heavy atom. The lowest BCUT2D eigenvalue weighted by atomic mass is 9.72. The third-order valence-corrected chi connectivity index (χ3v) is 7.80. The van der Waals surface area contributed by atoms with Crippen molar-refractivity contribution in [2.45, 2.75) is 69.4 Å². The van der Waals surface area contributed by atoms with Gasteiger partial charge in [0.05, 0.1) is 42.1 Å². The molecular formula is C27H30ClNO10. The SMILES string of the molecule is COc1cccc2c1C(=O)c1c(O)c3c(c(O)c1C2=O)C[C@@](O)(C(C)=O)C[C@@H]3O[C@@H]1C[C@@H](N)[C@@H](O)[C@@H](C)O1.Cl. The number of ketones is 3.